The number of halogens is 2. The molecule has 186 valence electrons. The molecule has 0 radical (unpaired) electrons. The summed E-state index contributed by atoms with van der Waals surface area (Å²) in [4.78, 5) is 35.1. The molecule has 0 aliphatic heterocycles. The first-order valence-corrected chi connectivity index (χ1v) is 13.5. The molecule has 11 heteroatoms. The SMILES string of the molecule is Cc1cnc(NC(=O)Cc2cc(O[C@@H](C)Cc3ccccc3)cc(Cn3ncc(Br)c(Br)c3=O)n2)s1. The number of rotatable bonds is 9. The highest BCUT2D eigenvalue weighted by Crippen LogP contribution is 2.21. The minimum Gasteiger partial charge on any atom is -0.490 e. The highest BCUT2D eigenvalue weighted by Gasteiger charge is 2.15. The van der Waals surface area contributed by atoms with Crippen molar-refractivity contribution in [1.82, 2.24) is 19.7 Å². The molecule has 1 aromatic carbocycles. The zero-order chi connectivity index (χ0) is 25.7. The molecule has 8 nitrogen and oxygen atoms in total. The van der Waals surface area contributed by atoms with Crippen LogP contribution >= 0.6 is 43.2 Å². The number of amides is 1. The van der Waals surface area contributed by atoms with Gasteiger partial charge >= 0.3 is 0 Å². The molecule has 36 heavy (non-hydrogen) atoms. The summed E-state index contributed by atoms with van der Waals surface area (Å²) in [5.41, 5.74) is 1.93. The Labute approximate surface area is 229 Å². The van der Waals surface area contributed by atoms with Gasteiger partial charge in [0.1, 0.15) is 10.2 Å². The van der Waals surface area contributed by atoms with E-state index in [1.165, 1.54) is 22.2 Å². The number of thiazole rings is 1. The fourth-order valence-corrected chi connectivity index (χ4v) is 4.78. The largest absolute Gasteiger partial charge is 0.490 e. The average molecular weight is 633 g/mol. The van der Waals surface area contributed by atoms with Crippen molar-refractivity contribution in [2.45, 2.75) is 39.3 Å². The van der Waals surface area contributed by atoms with E-state index in [0.717, 1.165) is 16.9 Å². The van der Waals surface area contributed by atoms with E-state index in [0.29, 0.717) is 31.2 Å². The number of nitrogens with zero attached hydrogens (tertiary/aromatic N) is 4. The van der Waals surface area contributed by atoms with Crippen molar-refractivity contribution in [3.63, 3.8) is 0 Å². The molecular formula is C25H23Br2N5O3S. The van der Waals surface area contributed by atoms with Gasteiger partial charge in [-0.15, -0.1) is 11.3 Å². The lowest BCUT2D eigenvalue weighted by atomic mass is 10.1. The Morgan fingerprint density at radius 2 is 1.92 bits per heavy atom. The van der Waals surface area contributed by atoms with Gasteiger partial charge in [-0.3, -0.25) is 14.6 Å². The maximum Gasteiger partial charge on any atom is 0.282 e. The molecule has 0 fully saturated rings. The molecule has 0 bridgehead atoms. The Balaban J connectivity index is 1.57. The summed E-state index contributed by atoms with van der Waals surface area (Å²) in [7, 11) is 0. The van der Waals surface area contributed by atoms with Gasteiger partial charge in [-0.1, -0.05) is 30.3 Å². The number of pyridine rings is 1. The van der Waals surface area contributed by atoms with Crippen LogP contribution in [0.1, 0.15) is 28.8 Å². The van der Waals surface area contributed by atoms with Crippen LogP contribution in [0.15, 0.2) is 68.6 Å². The predicted octanol–water partition coefficient (Wildman–Crippen LogP) is 5.17. The molecule has 0 saturated carbocycles. The lowest BCUT2D eigenvalue weighted by molar-refractivity contribution is -0.115. The molecule has 3 heterocycles. The number of aromatic nitrogens is 4. The number of anilines is 1. The van der Waals surface area contributed by atoms with Crippen molar-refractivity contribution in [3.05, 3.63) is 96.0 Å². The highest BCUT2D eigenvalue weighted by molar-refractivity contribution is 9.13. The fraction of sp³-hybridized carbons (Fsp3) is 0.240. The van der Waals surface area contributed by atoms with Gasteiger partial charge in [-0.2, -0.15) is 5.10 Å². The molecule has 0 unspecified atom stereocenters. The van der Waals surface area contributed by atoms with Crippen molar-refractivity contribution in [3.8, 4) is 5.75 Å². The minimum absolute atomic E-state index is 0.0300. The quantitative estimate of drug-likeness (QED) is 0.273. The van der Waals surface area contributed by atoms with E-state index in [4.69, 9.17) is 4.74 Å². The number of nitrogens with one attached hydrogen (secondary N) is 1. The topological polar surface area (TPSA) is 99.0 Å². The molecule has 1 atom stereocenters. The van der Waals surface area contributed by atoms with E-state index in [-0.39, 0.29) is 30.5 Å². The van der Waals surface area contributed by atoms with Gasteiger partial charge in [-0.05, 0) is 51.3 Å². The average Bonchev–Trinajstić information content (AvgIpc) is 3.24. The van der Waals surface area contributed by atoms with Crippen molar-refractivity contribution in [1.29, 1.82) is 0 Å². The van der Waals surface area contributed by atoms with Crippen molar-refractivity contribution in [2.75, 3.05) is 5.32 Å². The number of ether oxygens (including phenoxy) is 1. The van der Waals surface area contributed by atoms with Crippen LogP contribution in [0, 0.1) is 6.92 Å². The lowest BCUT2D eigenvalue weighted by Crippen LogP contribution is -2.25. The molecule has 0 spiro atoms. The van der Waals surface area contributed by atoms with Gasteiger partial charge in [0, 0.05) is 29.6 Å². The summed E-state index contributed by atoms with van der Waals surface area (Å²) in [5, 5.41) is 7.53. The summed E-state index contributed by atoms with van der Waals surface area (Å²) < 4.78 is 8.45. The Morgan fingerprint density at radius 1 is 1.17 bits per heavy atom. The number of benzene rings is 1. The van der Waals surface area contributed by atoms with Gasteiger partial charge in [0.15, 0.2) is 5.13 Å². The first-order chi connectivity index (χ1) is 17.3. The molecule has 0 aliphatic carbocycles. The molecular weight excluding hydrogens is 610 g/mol. The lowest BCUT2D eigenvalue weighted by Gasteiger charge is -2.17. The molecule has 0 saturated heterocycles. The van der Waals surface area contributed by atoms with Gasteiger partial charge < -0.3 is 10.1 Å². The van der Waals surface area contributed by atoms with Crippen LogP contribution in [0.2, 0.25) is 0 Å². The second-order valence-electron chi connectivity index (χ2n) is 8.17. The van der Waals surface area contributed by atoms with Crippen LogP contribution in [-0.2, 0) is 24.2 Å². The summed E-state index contributed by atoms with van der Waals surface area (Å²) in [6, 6.07) is 13.6. The van der Waals surface area contributed by atoms with Gasteiger partial charge in [0.2, 0.25) is 5.91 Å². The van der Waals surface area contributed by atoms with E-state index < -0.39 is 0 Å². The van der Waals surface area contributed by atoms with Crippen LogP contribution in [0.4, 0.5) is 5.13 Å². The van der Waals surface area contributed by atoms with E-state index in [1.807, 2.05) is 32.0 Å². The monoisotopic (exact) mass is 631 g/mol. The molecule has 4 rings (SSSR count). The molecule has 1 N–H and O–H groups in total. The number of hydrogen-bond acceptors (Lipinski definition) is 7. The molecule has 4 aromatic rings. The van der Waals surface area contributed by atoms with Crippen molar-refractivity contribution < 1.29 is 9.53 Å². The summed E-state index contributed by atoms with van der Waals surface area (Å²) in [6.45, 7) is 4.03. The molecule has 0 aliphatic rings. The number of carbonyl (C=O) groups excluding carboxylic acids is 1. The highest BCUT2D eigenvalue weighted by atomic mass is 79.9. The zero-order valence-electron chi connectivity index (χ0n) is 19.6. The third kappa shape index (κ3) is 7.08. The van der Waals surface area contributed by atoms with Crippen LogP contribution in [0.3, 0.4) is 0 Å². The van der Waals surface area contributed by atoms with Crippen molar-refractivity contribution in [2.24, 2.45) is 0 Å². The normalized spacial score (nSPS) is 11.8. The third-order valence-corrected chi connectivity index (χ3v) is 7.80. The third-order valence-electron chi connectivity index (χ3n) is 5.07. The van der Waals surface area contributed by atoms with E-state index in [9.17, 15) is 9.59 Å². The molecule has 3 aromatic heterocycles. The fourth-order valence-electron chi connectivity index (χ4n) is 3.53. The Morgan fingerprint density at radius 3 is 2.64 bits per heavy atom. The molecule has 1 amide bonds. The maximum atomic E-state index is 12.7. The zero-order valence-corrected chi connectivity index (χ0v) is 23.6. The smallest absolute Gasteiger partial charge is 0.282 e. The maximum absolute atomic E-state index is 12.7. The Kier molecular flexibility index (Phi) is 8.65. The first-order valence-electron chi connectivity index (χ1n) is 11.1. The number of carbonyl (C=O) groups is 1. The van der Waals surface area contributed by atoms with Gasteiger partial charge in [-0.25, -0.2) is 9.67 Å². The van der Waals surface area contributed by atoms with E-state index >= 15 is 0 Å². The summed E-state index contributed by atoms with van der Waals surface area (Å²) >= 11 is 7.98. The Hall–Kier alpha value is -2.89. The van der Waals surface area contributed by atoms with E-state index in [2.05, 4.69) is 64.4 Å². The Bertz CT molecular complexity index is 1420. The summed E-state index contributed by atoms with van der Waals surface area (Å²) in [5.74, 6) is 0.333. The second kappa shape index (κ2) is 11.9. The van der Waals surface area contributed by atoms with Crippen molar-refractivity contribution >= 4 is 54.2 Å². The second-order valence-corrected chi connectivity index (χ2v) is 11.1. The van der Waals surface area contributed by atoms with Crippen LogP contribution < -0.4 is 15.6 Å². The standard InChI is InChI=1S/C25H23Br2N5O3S/c1-15(8-17-6-4-3-5-7-17)35-20-9-18(11-22(33)31-25-28-12-16(2)36-25)30-19(10-20)14-32-24(34)23(27)21(26)13-29-32/h3-7,9-10,12-13,15H,8,11,14H2,1-2H3,(H,28,31,33)/t15-/m0/s1. The van der Waals surface area contributed by atoms with Gasteiger partial charge in [0.05, 0.1) is 41.1 Å². The van der Waals surface area contributed by atoms with E-state index in [1.54, 1.807) is 18.3 Å². The first kappa shape index (κ1) is 26.2. The number of aryl methyl sites for hydroxylation is 1. The predicted molar refractivity (Wildman–Crippen MR) is 147 cm³/mol. The van der Waals surface area contributed by atoms with Crippen LogP contribution in [-0.4, -0.2) is 31.8 Å². The number of hydrogen-bond donors (Lipinski definition) is 1. The summed E-state index contributed by atoms with van der Waals surface area (Å²) in [6.07, 6.45) is 3.88. The van der Waals surface area contributed by atoms with Crippen LogP contribution in [0.25, 0.3) is 0 Å². The van der Waals surface area contributed by atoms with Crippen LogP contribution in [0.5, 0.6) is 5.75 Å². The minimum atomic E-state index is -0.298. The van der Waals surface area contributed by atoms with Gasteiger partial charge in [0.25, 0.3) is 5.56 Å².